The lowest BCUT2D eigenvalue weighted by molar-refractivity contribution is 0.0762. The molecule has 1 aliphatic rings. The Morgan fingerprint density at radius 3 is 2.39 bits per heavy atom. The molecule has 218 valence electrons. The SMILES string of the molecule is CC(C)(C)NC1CCC(OC(=O)Nc2cc(/C=C/CCOc3ccc(CCN)cc3)ccc2-c2ccccc2)CC1. The fourth-order valence-corrected chi connectivity index (χ4v) is 5.25. The highest BCUT2D eigenvalue weighted by molar-refractivity contribution is 5.92. The van der Waals surface area contributed by atoms with Gasteiger partial charge in [0, 0.05) is 17.1 Å². The summed E-state index contributed by atoms with van der Waals surface area (Å²) in [4.78, 5) is 13.0. The van der Waals surface area contributed by atoms with Crippen LogP contribution in [0.15, 0.2) is 78.9 Å². The Kier molecular flexibility index (Phi) is 11.0. The van der Waals surface area contributed by atoms with E-state index in [2.05, 4.69) is 61.8 Å². The zero-order chi connectivity index (χ0) is 29.1. The van der Waals surface area contributed by atoms with Crippen molar-refractivity contribution in [3.05, 3.63) is 90.0 Å². The van der Waals surface area contributed by atoms with Gasteiger partial charge in [-0.3, -0.25) is 5.32 Å². The first-order valence-corrected chi connectivity index (χ1v) is 14.8. The first kappa shape index (κ1) is 30.4. The van der Waals surface area contributed by atoms with Gasteiger partial charge in [0.25, 0.3) is 0 Å². The van der Waals surface area contributed by atoms with E-state index in [0.29, 0.717) is 19.2 Å². The van der Waals surface area contributed by atoms with Gasteiger partial charge in [0.2, 0.25) is 0 Å². The molecule has 1 fully saturated rings. The number of carbonyl (C=O) groups excluding carboxylic acids is 1. The van der Waals surface area contributed by atoms with Crippen molar-refractivity contribution in [1.29, 1.82) is 0 Å². The largest absolute Gasteiger partial charge is 0.493 e. The summed E-state index contributed by atoms with van der Waals surface area (Å²) in [5.41, 5.74) is 10.7. The lowest BCUT2D eigenvalue weighted by atomic mass is 9.91. The van der Waals surface area contributed by atoms with Gasteiger partial charge >= 0.3 is 6.09 Å². The molecule has 1 saturated carbocycles. The molecule has 1 aliphatic carbocycles. The third kappa shape index (κ3) is 10.1. The molecule has 0 aliphatic heterocycles. The highest BCUT2D eigenvalue weighted by Crippen LogP contribution is 2.30. The van der Waals surface area contributed by atoms with Gasteiger partial charge in [-0.2, -0.15) is 0 Å². The first-order chi connectivity index (χ1) is 19.8. The van der Waals surface area contributed by atoms with Crippen LogP contribution in [0.1, 0.15) is 64.0 Å². The number of amides is 1. The highest BCUT2D eigenvalue weighted by atomic mass is 16.6. The first-order valence-electron chi connectivity index (χ1n) is 14.8. The summed E-state index contributed by atoms with van der Waals surface area (Å²) in [7, 11) is 0. The summed E-state index contributed by atoms with van der Waals surface area (Å²) in [5.74, 6) is 0.857. The van der Waals surface area contributed by atoms with E-state index in [1.807, 2.05) is 54.6 Å². The van der Waals surface area contributed by atoms with Crippen LogP contribution in [0.4, 0.5) is 10.5 Å². The maximum Gasteiger partial charge on any atom is 0.411 e. The standard InChI is InChI=1S/C35H45N3O3/c1-35(2,3)38-29-15-19-31(20-16-29)41-34(39)37-33-25-27(14-21-32(33)28-10-5-4-6-11-28)9-7-8-24-40-30-17-12-26(13-18-30)22-23-36/h4-7,9-14,17-18,21,25,29,31,38H,8,15-16,19-20,22-24,36H2,1-3H3,(H,37,39)/b9-7+. The van der Waals surface area contributed by atoms with Crippen molar-refractivity contribution in [2.24, 2.45) is 5.73 Å². The van der Waals surface area contributed by atoms with Gasteiger partial charge in [0.15, 0.2) is 0 Å². The Hall–Kier alpha value is -3.61. The van der Waals surface area contributed by atoms with E-state index >= 15 is 0 Å². The van der Waals surface area contributed by atoms with Gasteiger partial charge < -0.3 is 20.5 Å². The van der Waals surface area contributed by atoms with E-state index in [1.165, 1.54) is 5.56 Å². The van der Waals surface area contributed by atoms with Crippen LogP contribution < -0.4 is 21.1 Å². The van der Waals surface area contributed by atoms with Crippen LogP contribution in [0.3, 0.4) is 0 Å². The molecule has 4 N–H and O–H groups in total. The minimum absolute atomic E-state index is 0.0619. The normalized spacial score (nSPS) is 17.4. The molecule has 6 nitrogen and oxygen atoms in total. The minimum Gasteiger partial charge on any atom is -0.493 e. The smallest absolute Gasteiger partial charge is 0.411 e. The van der Waals surface area contributed by atoms with Crippen LogP contribution in [0.5, 0.6) is 5.75 Å². The van der Waals surface area contributed by atoms with Crippen molar-refractivity contribution < 1.29 is 14.3 Å². The molecule has 3 aromatic carbocycles. The van der Waals surface area contributed by atoms with E-state index in [-0.39, 0.29) is 11.6 Å². The molecular formula is C35H45N3O3. The summed E-state index contributed by atoms with van der Waals surface area (Å²) in [5, 5.41) is 6.71. The number of hydrogen-bond donors (Lipinski definition) is 3. The highest BCUT2D eigenvalue weighted by Gasteiger charge is 2.26. The Morgan fingerprint density at radius 1 is 0.976 bits per heavy atom. The van der Waals surface area contributed by atoms with E-state index in [1.54, 1.807) is 0 Å². The van der Waals surface area contributed by atoms with Crippen molar-refractivity contribution in [2.45, 2.75) is 77.0 Å². The van der Waals surface area contributed by atoms with Gasteiger partial charge in [-0.15, -0.1) is 0 Å². The Labute approximate surface area is 245 Å². The van der Waals surface area contributed by atoms with Crippen molar-refractivity contribution >= 4 is 17.9 Å². The summed E-state index contributed by atoms with van der Waals surface area (Å²) in [6.45, 7) is 7.80. The number of nitrogens with one attached hydrogen (secondary N) is 2. The average molecular weight is 556 g/mol. The fraction of sp³-hybridized carbons (Fsp3) is 0.400. The molecule has 0 saturated heterocycles. The topological polar surface area (TPSA) is 85.6 Å². The number of ether oxygens (including phenoxy) is 2. The Morgan fingerprint density at radius 2 is 1.71 bits per heavy atom. The van der Waals surface area contributed by atoms with Crippen LogP contribution in [-0.2, 0) is 11.2 Å². The molecule has 3 aromatic rings. The number of hydrogen-bond acceptors (Lipinski definition) is 5. The maximum atomic E-state index is 13.0. The number of benzene rings is 3. The van der Waals surface area contributed by atoms with Gasteiger partial charge in [0.05, 0.1) is 12.3 Å². The van der Waals surface area contributed by atoms with Crippen molar-refractivity contribution in [1.82, 2.24) is 5.32 Å². The van der Waals surface area contributed by atoms with E-state index < -0.39 is 6.09 Å². The lowest BCUT2D eigenvalue weighted by Crippen LogP contribution is -2.46. The summed E-state index contributed by atoms with van der Waals surface area (Å²) in [6.07, 6.45) is 9.08. The molecule has 4 rings (SSSR count). The lowest BCUT2D eigenvalue weighted by Gasteiger charge is -2.34. The summed E-state index contributed by atoms with van der Waals surface area (Å²) in [6, 6.07) is 24.8. The molecule has 6 heteroatoms. The zero-order valence-corrected chi connectivity index (χ0v) is 24.7. The molecule has 1 amide bonds. The number of carbonyl (C=O) groups is 1. The Bertz CT molecular complexity index is 1260. The van der Waals surface area contributed by atoms with Gasteiger partial charge in [-0.05, 0) is 101 Å². The van der Waals surface area contributed by atoms with Crippen molar-refractivity contribution in [3.63, 3.8) is 0 Å². The summed E-state index contributed by atoms with van der Waals surface area (Å²) >= 11 is 0. The summed E-state index contributed by atoms with van der Waals surface area (Å²) < 4.78 is 11.7. The molecule has 0 unspecified atom stereocenters. The third-order valence-electron chi connectivity index (χ3n) is 7.17. The molecular weight excluding hydrogens is 510 g/mol. The van der Waals surface area contributed by atoms with E-state index in [9.17, 15) is 4.79 Å². The number of rotatable bonds is 11. The average Bonchev–Trinajstić information content (AvgIpc) is 2.95. The molecule has 0 heterocycles. The van der Waals surface area contributed by atoms with Gasteiger partial charge in [-0.1, -0.05) is 66.7 Å². The molecule has 0 bridgehead atoms. The Balaban J connectivity index is 1.34. The van der Waals surface area contributed by atoms with Crippen LogP contribution >= 0.6 is 0 Å². The molecule has 41 heavy (non-hydrogen) atoms. The van der Waals surface area contributed by atoms with Crippen LogP contribution in [0, 0.1) is 0 Å². The molecule has 0 spiro atoms. The predicted molar refractivity (Wildman–Crippen MR) is 169 cm³/mol. The third-order valence-corrected chi connectivity index (χ3v) is 7.17. The molecule has 0 aromatic heterocycles. The maximum absolute atomic E-state index is 13.0. The van der Waals surface area contributed by atoms with Crippen LogP contribution in [-0.4, -0.2) is 36.9 Å². The van der Waals surface area contributed by atoms with Crippen molar-refractivity contribution in [3.8, 4) is 16.9 Å². The minimum atomic E-state index is -0.401. The second-order valence-corrected chi connectivity index (χ2v) is 11.8. The second-order valence-electron chi connectivity index (χ2n) is 11.8. The molecule has 0 radical (unpaired) electrons. The van der Waals surface area contributed by atoms with Gasteiger partial charge in [-0.25, -0.2) is 4.79 Å². The number of nitrogens with two attached hydrogens (primary N) is 1. The fourth-order valence-electron chi connectivity index (χ4n) is 5.25. The van der Waals surface area contributed by atoms with Gasteiger partial charge in [0.1, 0.15) is 11.9 Å². The van der Waals surface area contributed by atoms with E-state index in [0.717, 1.165) is 66.7 Å². The second kappa shape index (κ2) is 14.9. The van der Waals surface area contributed by atoms with E-state index in [4.69, 9.17) is 15.2 Å². The zero-order valence-electron chi connectivity index (χ0n) is 24.7. The quantitative estimate of drug-likeness (QED) is 0.212. The monoisotopic (exact) mass is 555 g/mol. The molecule has 0 atom stereocenters. The van der Waals surface area contributed by atoms with Crippen LogP contribution in [0.25, 0.3) is 17.2 Å². The van der Waals surface area contributed by atoms with Crippen LogP contribution in [0.2, 0.25) is 0 Å². The number of anilines is 1. The van der Waals surface area contributed by atoms with Crippen molar-refractivity contribution in [2.75, 3.05) is 18.5 Å². The predicted octanol–water partition coefficient (Wildman–Crippen LogP) is 7.58.